The molecule has 3 fully saturated rings. The molecule has 0 saturated heterocycles. The van der Waals surface area contributed by atoms with E-state index in [9.17, 15) is 0 Å². The highest BCUT2D eigenvalue weighted by Crippen LogP contribution is 2.67. The van der Waals surface area contributed by atoms with E-state index in [2.05, 4.69) is 60.6 Å². The fourth-order valence-electron chi connectivity index (χ4n) is 7.79. The van der Waals surface area contributed by atoms with Crippen molar-refractivity contribution in [1.29, 1.82) is 0 Å². The maximum absolute atomic E-state index is 2.72. The van der Waals surface area contributed by atoms with E-state index < -0.39 is 0 Å². The van der Waals surface area contributed by atoms with Crippen LogP contribution in [0.4, 0.5) is 0 Å². The fraction of sp³-hybridized carbons (Fsp3) is 0.852. The summed E-state index contributed by atoms with van der Waals surface area (Å²) in [5.41, 5.74) is 4.65. The van der Waals surface area contributed by atoms with Gasteiger partial charge in [-0.3, -0.25) is 0 Å². The van der Waals surface area contributed by atoms with Crippen LogP contribution in [0.3, 0.4) is 0 Å². The van der Waals surface area contributed by atoms with Gasteiger partial charge in [0.05, 0.1) is 0 Å². The maximum Gasteiger partial charge on any atom is -0.00851 e. The van der Waals surface area contributed by atoms with Crippen LogP contribution < -0.4 is 0 Å². The molecule has 0 aromatic rings. The van der Waals surface area contributed by atoms with Crippen LogP contribution in [0.25, 0.3) is 0 Å². The Labute approximate surface area is 170 Å². The molecular weight excluding hydrogens is 324 g/mol. The first-order chi connectivity index (χ1) is 12.8. The van der Waals surface area contributed by atoms with Gasteiger partial charge in [-0.05, 0) is 106 Å². The van der Waals surface area contributed by atoms with Crippen LogP contribution in [0, 0.1) is 40.4 Å². The highest BCUT2D eigenvalue weighted by molar-refractivity contribution is 5.26. The molecule has 3 saturated carbocycles. The molecule has 0 radical (unpaired) electrons. The smallest absolute Gasteiger partial charge is 0.00851 e. The molecule has 27 heavy (non-hydrogen) atoms. The van der Waals surface area contributed by atoms with Gasteiger partial charge in [-0.1, -0.05) is 64.3 Å². The van der Waals surface area contributed by atoms with Crippen molar-refractivity contribution in [2.75, 3.05) is 0 Å². The molecule has 0 heterocycles. The summed E-state index contributed by atoms with van der Waals surface area (Å²) in [7, 11) is 0. The first-order valence-corrected chi connectivity index (χ1v) is 12.1. The number of hydrogen-bond donors (Lipinski definition) is 0. The van der Waals surface area contributed by atoms with Gasteiger partial charge in [-0.25, -0.2) is 0 Å². The van der Waals surface area contributed by atoms with Gasteiger partial charge >= 0.3 is 0 Å². The molecule has 0 spiro atoms. The minimum atomic E-state index is 0.546. The van der Waals surface area contributed by atoms with Crippen molar-refractivity contribution in [2.45, 2.75) is 106 Å². The maximum atomic E-state index is 2.72. The summed E-state index contributed by atoms with van der Waals surface area (Å²) >= 11 is 0. The van der Waals surface area contributed by atoms with Gasteiger partial charge in [-0.15, -0.1) is 0 Å². The van der Waals surface area contributed by atoms with E-state index in [0.29, 0.717) is 10.8 Å². The molecule has 0 aliphatic heterocycles. The summed E-state index contributed by atoms with van der Waals surface area (Å²) in [4.78, 5) is 0. The Hall–Kier alpha value is -0.520. The molecule has 154 valence electrons. The third kappa shape index (κ3) is 3.49. The summed E-state index contributed by atoms with van der Waals surface area (Å²) < 4.78 is 0. The number of allylic oxidation sites excluding steroid dienone is 4. The zero-order valence-corrected chi connectivity index (χ0v) is 19.4. The summed E-state index contributed by atoms with van der Waals surface area (Å²) in [5, 5.41) is 0. The Morgan fingerprint density at radius 1 is 1.07 bits per heavy atom. The van der Waals surface area contributed by atoms with Crippen LogP contribution in [0.2, 0.25) is 0 Å². The Bertz CT molecular complexity index is 581. The first-order valence-electron chi connectivity index (χ1n) is 12.1. The van der Waals surface area contributed by atoms with Gasteiger partial charge in [0.25, 0.3) is 0 Å². The predicted octanol–water partition coefficient (Wildman–Crippen LogP) is 8.58. The number of rotatable bonds is 1. The zero-order valence-electron chi connectivity index (χ0n) is 19.4. The molecule has 4 rings (SSSR count). The Kier molecular flexibility index (Phi) is 6.34. The van der Waals surface area contributed by atoms with Crippen molar-refractivity contribution < 1.29 is 0 Å². The zero-order chi connectivity index (χ0) is 19.8. The van der Waals surface area contributed by atoms with Crippen molar-refractivity contribution in [2.24, 2.45) is 40.4 Å². The van der Waals surface area contributed by atoms with E-state index in [1.807, 2.05) is 5.57 Å². The van der Waals surface area contributed by atoms with Crippen molar-refractivity contribution in [3.63, 3.8) is 0 Å². The molecule has 7 unspecified atom stereocenters. The minimum Gasteiger partial charge on any atom is -0.0884 e. The minimum absolute atomic E-state index is 0.546. The fourth-order valence-corrected chi connectivity index (χ4v) is 7.79. The largest absolute Gasteiger partial charge is 0.0884 e. The number of hydrogen-bond acceptors (Lipinski definition) is 0. The molecule has 0 nitrogen and oxygen atoms in total. The summed E-state index contributed by atoms with van der Waals surface area (Å²) in [5.74, 6) is 4.71. The van der Waals surface area contributed by atoms with Crippen LogP contribution in [0.1, 0.15) is 106 Å². The third-order valence-electron chi connectivity index (χ3n) is 9.36. The number of fused-ring (bicyclic) bond motifs is 5. The topological polar surface area (TPSA) is 0 Å². The van der Waals surface area contributed by atoms with Gasteiger partial charge in [0.15, 0.2) is 0 Å². The van der Waals surface area contributed by atoms with Crippen LogP contribution in [-0.4, -0.2) is 0 Å². The van der Waals surface area contributed by atoms with Crippen molar-refractivity contribution in [1.82, 2.24) is 0 Å². The van der Waals surface area contributed by atoms with E-state index >= 15 is 0 Å². The normalized spacial score (nSPS) is 46.4. The SMILES string of the molecule is C/C=C(\C)C1CCC2C3CC=C4CC(C)CCC4(C)C3CCC12C.CCC. The molecule has 4 aliphatic rings. The Morgan fingerprint density at radius 3 is 2.44 bits per heavy atom. The van der Waals surface area contributed by atoms with Gasteiger partial charge < -0.3 is 0 Å². The molecule has 0 amide bonds. The lowest BCUT2D eigenvalue weighted by molar-refractivity contribution is -0.0388. The van der Waals surface area contributed by atoms with Gasteiger partial charge in [0.1, 0.15) is 0 Å². The van der Waals surface area contributed by atoms with Crippen LogP contribution in [-0.2, 0) is 0 Å². The average Bonchev–Trinajstić information content (AvgIpc) is 2.99. The first kappa shape index (κ1) is 21.2. The third-order valence-corrected chi connectivity index (χ3v) is 9.36. The predicted molar refractivity (Wildman–Crippen MR) is 120 cm³/mol. The Morgan fingerprint density at radius 2 is 1.78 bits per heavy atom. The molecule has 0 heteroatoms. The van der Waals surface area contributed by atoms with Gasteiger partial charge in [0, 0.05) is 0 Å². The second-order valence-electron chi connectivity index (χ2n) is 11.0. The lowest BCUT2D eigenvalue weighted by Crippen LogP contribution is -2.50. The summed E-state index contributed by atoms with van der Waals surface area (Å²) in [6.45, 7) is 16.7. The molecule has 0 aromatic carbocycles. The van der Waals surface area contributed by atoms with Crippen molar-refractivity contribution >= 4 is 0 Å². The monoisotopic (exact) mass is 370 g/mol. The second-order valence-corrected chi connectivity index (χ2v) is 11.0. The molecule has 0 bridgehead atoms. The quantitative estimate of drug-likeness (QED) is 0.405. The average molecular weight is 371 g/mol. The highest BCUT2D eigenvalue weighted by Gasteiger charge is 2.58. The van der Waals surface area contributed by atoms with Crippen LogP contribution in [0.5, 0.6) is 0 Å². The molecular formula is C27H46. The van der Waals surface area contributed by atoms with E-state index in [-0.39, 0.29) is 0 Å². The van der Waals surface area contributed by atoms with Gasteiger partial charge in [0.2, 0.25) is 0 Å². The summed E-state index contributed by atoms with van der Waals surface area (Å²) in [6, 6.07) is 0. The molecule has 7 atom stereocenters. The molecule has 4 aliphatic carbocycles. The lowest BCUT2D eigenvalue weighted by Gasteiger charge is -2.58. The molecule has 0 aromatic heterocycles. The lowest BCUT2D eigenvalue weighted by atomic mass is 9.47. The molecule has 0 N–H and O–H groups in total. The van der Waals surface area contributed by atoms with E-state index in [1.165, 1.54) is 57.8 Å². The van der Waals surface area contributed by atoms with Crippen LogP contribution >= 0.6 is 0 Å². The van der Waals surface area contributed by atoms with E-state index in [1.54, 1.807) is 5.57 Å². The van der Waals surface area contributed by atoms with E-state index in [4.69, 9.17) is 0 Å². The summed E-state index contributed by atoms with van der Waals surface area (Å²) in [6.07, 6.45) is 18.0. The second kappa shape index (κ2) is 8.08. The van der Waals surface area contributed by atoms with Crippen molar-refractivity contribution in [3.8, 4) is 0 Å². The highest BCUT2D eigenvalue weighted by atomic mass is 14.6. The van der Waals surface area contributed by atoms with Gasteiger partial charge in [-0.2, -0.15) is 0 Å². The van der Waals surface area contributed by atoms with Crippen LogP contribution in [0.15, 0.2) is 23.3 Å². The Balaban J connectivity index is 0.000000659. The van der Waals surface area contributed by atoms with Crippen molar-refractivity contribution in [3.05, 3.63) is 23.3 Å². The van der Waals surface area contributed by atoms with E-state index in [0.717, 1.165) is 29.6 Å². The standard InChI is InChI=1S/C24H38.C3H8/c1-6-17(3)20-9-10-21-19-8-7-18-15-16(2)11-13-23(18,4)22(19)12-14-24(20,21)5;1-3-2/h6-7,16,19-22H,8-15H2,1-5H3;3H2,1-2H3/b17-6+;.